The molecular weight excluding hydrogens is 166 g/mol. The van der Waals surface area contributed by atoms with Crippen molar-refractivity contribution in [2.45, 2.75) is 6.92 Å². The zero-order valence-electron chi connectivity index (χ0n) is 7.65. The minimum atomic E-state index is 0.0128. The summed E-state index contributed by atoms with van der Waals surface area (Å²) in [7, 11) is 1.57. The molecule has 68 valence electrons. The number of rotatable bonds is 3. The maximum Gasteiger partial charge on any atom is 0.152 e. The third-order valence-corrected chi connectivity index (χ3v) is 1.53. The van der Waals surface area contributed by atoms with Crippen LogP contribution in [0.1, 0.15) is 12.5 Å². The van der Waals surface area contributed by atoms with E-state index in [1.807, 2.05) is 0 Å². The predicted octanol–water partition coefficient (Wildman–Crippen LogP) is 1.69. The summed E-state index contributed by atoms with van der Waals surface area (Å²) >= 11 is 0. The van der Waals surface area contributed by atoms with Gasteiger partial charge in [-0.2, -0.15) is 0 Å². The highest BCUT2D eigenvalue weighted by molar-refractivity contribution is 5.91. The lowest BCUT2D eigenvalue weighted by atomic mass is 10.2. The second kappa shape index (κ2) is 4.40. The van der Waals surface area contributed by atoms with Crippen molar-refractivity contribution in [3.63, 3.8) is 0 Å². The van der Waals surface area contributed by atoms with E-state index in [-0.39, 0.29) is 5.78 Å². The average molecular weight is 177 g/mol. The third kappa shape index (κ3) is 2.71. The number of pyridine rings is 1. The van der Waals surface area contributed by atoms with E-state index in [1.54, 1.807) is 31.6 Å². The van der Waals surface area contributed by atoms with Gasteiger partial charge in [-0.25, -0.2) is 0 Å². The lowest BCUT2D eigenvalue weighted by Crippen LogP contribution is -1.88. The zero-order valence-corrected chi connectivity index (χ0v) is 7.65. The molecule has 0 aliphatic rings. The van der Waals surface area contributed by atoms with Crippen LogP contribution in [0.5, 0.6) is 5.75 Å². The van der Waals surface area contributed by atoms with Crippen LogP contribution < -0.4 is 4.74 Å². The van der Waals surface area contributed by atoms with E-state index in [1.165, 1.54) is 13.0 Å². The highest BCUT2D eigenvalue weighted by Crippen LogP contribution is 2.16. The van der Waals surface area contributed by atoms with E-state index in [2.05, 4.69) is 4.98 Å². The molecule has 1 aromatic heterocycles. The Morgan fingerprint density at radius 2 is 2.38 bits per heavy atom. The summed E-state index contributed by atoms with van der Waals surface area (Å²) in [5.74, 6) is 0.680. The standard InChI is InChI=1S/C10H11NO2/c1-8(12)3-4-9-5-6-11-7-10(9)13-2/h3-7H,1-2H3/b4-3+. The molecule has 0 unspecified atom stereocenters. The van der Waals surface area contributed by atoms with E-state index in [0.29, 0.717) is 5.75 Å². The van der Waals surface area contributed by atoms with Gasteiger partial charge in [0.1, 0.15) is 5.75 Å². The highest BCUT2D eigenvalue weighted by atomic mass is 16.5. The van der Waals surface area contributed by atoms with Gasteiger partial charge in [-0.3, -0.25) is 9.78 Å². The number of nitrogens with zero attached hydrogens (tertiary/aromatic N) is 1. The molecule has 1 heterocycles. The van der Waals surface area contributed by atoms with Gasteiger partial charge in [0, 0.05) is 11.8 Å². The normalized spacial score (nSPS) is 10.3. The fourth-order valence-corrected chi connectivity index (χ4v) is 0.906. The molecule has 0 aliphatic heterocycles. The first kappa shape index (κ1) is 9.45. The summed E-state index contributed by atoms with van der Waals surface area (Å²) in [6.45, 7) is 1.50. The SMILES string of the molecule is COc1cnccc1/C=C/C(C)=O. The maximum atomic E-state index is 10.7. The molecule has 0 N–H and O–H groups in total. The second-order valence-electron chi connectivity index (χ2n) is 2.56. The van der Waals surface area contributed by atoms with Gasteiger partial charge in [-0.1, -0.05) is 0 Å². The van der Waals surface area contributed by atoms with E-state index < -0.39 is 0 Å². The van der Waals surface area contributed by atoms with Gasteiger partial charge in [0.2, 0.25) is 0 Å². The minimum absolute atomic E-state index is 0.0128. The van der Waals surface area contributed by atoms with E-state index in [4.69, 9.17) is 4.74 Å². The molecule has 1 rings (SSSR count). The van der Waals surface area contributed by atoms with Crippen molar-refractivity contribution in [1.29, 1.82) is 0 Å². The Hall–Kier alpha value is -1.64. The molecule has 13 heavy (non-hydrogen) atoms. The molecule has 0 aromatic carbocycles. The minimum Gasteiger partial charge on any atom is -0.495 e. The van der Waals surface area contributed by atoms with Crippen LogP contribution in [0, 0.1) is 0 Å². The average Bonchev–Trinajstić information content (AvgIpc) is 2.15. The van der Waals surface area contributed by atoms with E-state index in [0.717, 1.165) is 5.56 Å². The predicted molar refractivity (Wildman–Crippen MR) is 50.5 cm³/mol. The van der Waals surface area contributed by atoms with Gasteiger partial charge in [-0.05, 0) is 25.1 Å². The maximum absolute atomic E-state index is 10.7. The smallest absolute Gasteiger partial charge is 0.152 e. The molecule has 0 saturated carbocycles. The monoisotopic (exact) mass is 177 g/mol. The molecule has 0 spiro atoms. The molecule has 3 heteroatoms. The van der Waals surface area contributed by atoms with Gasteiger partial charge in [-0.15, -0.1) is 0 Å². The fourth-order valence-electron chi connectivity index (χ4n) is 0.906. The van der Waals surface area contributed by atoms with Gasteiger partial charge in [0.15, 0.2) is 5.78 Å². The number of methoxy groups -OCH3 is 1. The Balaban J connectivity index is 2.93. The lowest BCUT2D eigenvalue weighted by molar-refractivity contribution is -0.112. The summed E-state index contributed by atoms with van der Waals surface area (Å²) in [5, 5.41) is 0. The molecule has 0 bridgehead atoms. The summed E-state index contributed by atoms with van der Waals surface area (Å²) in [4.78, 5) is 14.6. The number of ether oxygens (including phenoxy) is 1. The van der Waals surface area contributed by atoms with Gasteiger partial charge >= 0.3 is 0 Å². The van der Waals surface area contributed by atoms with Crippen molar-refractivity contribution in [2.75, 3.05) is 7.11 Å². The van der Waals surface area contributed by atoms with E-state index >= 15 is 0 Å². The van der Waals surface area contributed by atoms with Crippen LogP contribution in [0.3, 0.4) is 0 Å². The first-order valence-electron chi connectivity index (χ1n) is 3.90. The number of carbonyl (C=O) groups excluding carboxylic acids is 1. The zero-order chi connectivity index (χ0) is 9.68. The summed E-state index contributed by atoms with van der Waals surface area (Å²) in [6, 6.07) is 1.79. The fraction of sp³-hybridized carbons (Fsp3) is 0.200. The number of ketones is 1. The molecular formula is C10H11NO2. The number of aromatic nitrogens is 1. The summed E-state index contributed by atoms with van der Waals surface area (Å²) in [5.41, 5.74) is 0.854. The Kier molecular flexibility index (Phi) is 3.20. The van der Waals surface area contributed by atoms with Crippen LogP contribution in [0.15, 0.2) is 24.5 Å². The van der Waals surface area contributed by atoms with Gasteiger partial charge in [0.25, 0.3) is 0 Å². The van der Waals surface area contributed by atoms with Crippen molar-refractivity contribution in [1.82, 2.24) is 4.98 Å². The third-order valence-electron chi connectivity index (χ3n) is 1.53. The molecule has 0 saturated heterocycles. The Morgan fingerprint density at radius 3 is 3.00 bits per heavy atom. The van der Waals surface area contributed by atoms with Crippen LogP contribution in [0.2, 0.25) is 0 Å². The number of carbonyl (C=O) groups is 1. The van der Waals surface area contributed by atoms with Crippen LogP contribution in [0.4, 0.5) is 0 Å². The topological polar surface area (TPSA) is 39.2 Å². The van der Waals surface area contributed by atoms with Crippen molar-refractivity contribution < 1.29 is 9.53 Å². The van der Waals surface area contributed by atoms with Crippen molar-refractivity contribution >= 4 is 11.9 Å². The van der Waals surface area contributed by atoms with Crippen LogP contribution in [-0.2, 0) is 4.79 Å². The lowest BCUT2D eigenvalue weighted by Gasteiger charge is -2.01. The molecule has 0 aliphatic carbocycles. The Labute approximate surface area is 77.1 Å². The molecule has 0 amide bonds. The van der Waals surface area contributed by atoms with Gasteiger partial charge < -0.3 is 4.74 Å². The van der Waals surface area contributed by atoms with Crippen LogP contribution in [0.25, 0.3) is 6.08 Å². The Morgan fingerprint density at radius 1 is 1.62 bits per heavy atom. The molecule has 0 radical (unpaired) electrons. The number of hydrogen-bond acceptors (Lipinski definition) is 3. The molecule has 1 aromatic rings. The van der Waals surface area contributed by atoms with Crippen molar-refractivity contribution in [2.24, 2.45) is 0 Å². The Bertz CT molecular complexity index is 331. The summed E-state index contributed by atoms with van der Waals surface area (Å²) in [6.07, 6.45) is 6.48. The first-order chi connectivity index (χ1) is 6.24. The van der Waals surface area contributed by atoms with Crippen LogP contribution >= 0.6 is 0 Å². The second-order valence-corrected chi connectivity index (χ2v) is 2.56. The quantitative estimate of drug-likeness (QED) is 0.659. The van der Waals surface area contributed by atoms with Crippen molar-refractivity contribution in [3.05, 3.63) is 30.1 Å². The number of allylic oxidation sites excluding steroid dienone is 1. The van der Waals surface area contributed by atoms with Gasteiger partial charge in [0.05, 0.1) is 13.3 Å². The van der Waals surface area contributed by atoms with Crippen LogP contribution in [-0.4, -0.2) is 17.9 Å². The van der Waals surface area contributed by atoms with E-state index in [9.17, 15) is 4.79 Å². The molecule has 0 atom stereocenters. The number of hydrogen-bond donors (Lipinski definition) is 0. The molecule has 0 fully saturated rings. The molecule has 3 nitrogen and oxygen atoms in total. The first-order valence-corrected chi connectivity index (χ1v) is 3.90. The summed E-state index contributed by atoms with van der Waals surface area (Å²) < 4.78 is 5.05. The highest BCUT2D eigenvalue weighted by Gasteiger charge is 1.97. The van der Waals surface area contributed by atoms with Crippen molar-refractivity contribution in [3.8, 4) is 5.75 Å². The largest absolute Gasteiger partial charge is 0.495 e.